The standard InChI is InChI=1S/C27H29ClN4O5/c28-18-11-12-22(29-14-18)30-26(35)24-23(20-5-1-2-6-21(20)37-24)31-25(34)16-7-9-17(10-8-16)27(36)32-13-3-4-19(33)15-32/h1-2,5-6,11-12,14,16-17,19,33H,3-4,7-10,13,15H2,(H,31,34)(H,29,30,35). The van der Waals surface area contributed by atoms with Crippen LogP contribution in [-0.2, 0) is 9.59 Å². The van der Waals surface area contributed by atoms with E-state index in [1.54, 1.807) is 35.2 Å². The van der Waals surface area contributed by atoms with E-state index in [9.17, 15) is 19.5 Å². The Hall–Kier alpha value is -3.43. The zero-order valence-corrected chi connectivity index (χ0v) is 21.0. The quantitative estimate of drug-likeness (QED) is 0.452. The second-order valence-electron chi connectivity index (χ2n) is 9.74. The van der Waals surface area contributed by atoms with Crippen LogP contribution in [0.15, 0.2) is 47.0 Å². The predicted octanol–water partition coefficient (Wildman–Crippen LogP) is 4.46. The number of para-hydroxylation sites is 1. The summed E-state index contributed by atoms with van der Waals surface area (Å²) in [6, 6.07) is 10.3. The van der Waals surface area contributed by atoms with Crippen molar-refractivity contribution in [3.63, 3.8) is 0 Å². The van der Waals surface area contributed by atoms with E-state index in [0.29, 0.717) is 66.3 Å². The first kappa shape index (κ1) is 25.2. The third-order valence-corrected chi connectivity index (χ3v) is 7.40. The lowest BCUT2D eigenvalue weighted by atomic mass is 9.80. The second kappa shape index (κ2) is 10.9. The van der Waals surface area contributed by atoms with Crippen molar-refractivity contribution in [2.45, 2.75) is 44.6 Å². The van der Waals surface area contributed by atoms with E-state index in [1.165, 1.54) is 6.20 Å². The molecule has 1 saturated carbocycles. The average Bonchev–Trinajstić information content (AvgIpc) is 3.28. The molecule has 2 aromatic heterocycles. The van der Waals surface area contributed by atoms with Crippen molar-refractivity contribution in [3.05, 3.63) is 53.4 Å². The number of halogens is 1. The monoisotopic (exact) mass is 524 g/mol. The second-order valence-corrected chi connectivity index (χ2v) is 10.2. The van der Waals surface area contributed by atoms with Gasteiger partial charge in [0, 0.05) is 36.5 Å². The van der Waals surface area contributed by atoms with E-state index in [1.807, 2.05) is 6.07 Å². The Kier molecular flexibility index (Phi) is 7.43. The molecule has 1 aliphatic heterocycles. The van der Waals surface area contributed by atoms with Crippen molar-refractivity contribution in [3.8, 4) is 0 Å². The van der Waals surface area contributed by atoms with Crippen molar-refractivity contribution in [1.82, 2.24) is 9.88 Å². The normalized spacial score (nSPS) is 22.0. The van der Waals surface area contributed by atoms with Gasteiger partial charge in [0.05, 0.1) is 11.1 Å². The van der Waals surface area contributed by atoms with Gasteiger partial charge < -0.3 is 25.1 Å². The lowest BCUT2D eigenvalue weighted by Crippen LogP contribution is -2.45. The Labute approximate surface area is 219 Å². The Bertz CT molecular complexity index is 1300. The highest BCUT2D eigenvalue weighted by atomic mass is 35.5. The number of nitrogens with one attached hydrogen (secondary N) is 2. The molecule has 1 aromatic carbocycles. The van der Waals surface area contributed by atoms with E-state index in [4.69, 9.17) is 16.0 Å². The van der Waals surface area contributed by atoms with Crippen molar-refractivity contribution < 1.29 is 23.9 Å². The maximum absolute atomic E-state index is 13.3. The number of rotatable bonds is 5. The van der Waals surface area contributed by atoms with Crippen LogP contribution in [0.5, 0.6) is 0 Å². The number of hydrogen-bond acceptors (Lipinski definition) is 6. The number of carbonyl (C=O) groups excluding carboxylic acids is 3. The topological polar surface area (TPSA) is 125 Å². The molecule has 10 heteroatoms. The summed E-state index contributed by atoms with van der Waals surface area (Å²) in [5.74, 6) is -0.789. The molecule has 0 spiro atoms. The van der Waals surface area contributed by atoms with Gasteiger partial charge in [0.25, 0.3) is 5.91 Å². The van der Waals surface area contributed by atoms with Crippen molar-refractivity contribution >= 4 is 51.8 Å². The van der Waals surface area contributed by atoms with Crippen LogP contribution < -0.4 is 10.6 Å². The molecule has 1 aliphatic carbocycles. The third kappa shape index (κ3) is 5.62. The van der Waals surface area contributed by atoms with Crippen LogP contribution in [0, 0.1) is 11.8 Å². The van der Waals surface area contributed by atoms with E-state index in [0.717, 1.165) is 12.8 Å². The molecule has 1 atom stereocenters. The predicted molar refractivity (Wildman–Crippen MR) is 139 cm³/mol. The first-order valence-corrected chi connectivity index (χ1v) is 13.0. The molecule has 3 aromatic rings. The van der Waals surface area contributed by atoms with E-state index >= 15 is 0 Å². The van der Waals surface area contributed by atoms with Crippen LogP contribution in [0.4, 0.5) is 11.5 Å². The summed E-state index contributed by atoms with van der Waals surface area (Å²) in [4.78, 5) is 45.1. The third-order valence-electron chi connectivity index (χ3n) is 7.17. The van der Waals surface area contributed by atoms with E-state index < -0.39 is 12.0 Å². The molecule has 1 saturated heterocycles. The fourth-order valence-electron chi connectivity index (χ4n) is 5.19. The van der Waals surface area contributed by atoms with Gasteiger partial charge in [-0.3, -0.25) is 14.4 Å². The molecule has 2 fully saturated rings. The van der Waals surface area contributed by atoms with Gasteiger partial charge in [0.15, 0.2) is 0 Å². The maximum atomic E-state index is 13.3. The van der Waals surface area contributed by atoms with Crippen LogP contribution in [0.25, 0.3) is 11.0 Å². The number of nitrogens with zero attached hydrogens (tertiary/aromatic N) is 2. The largest absolute Gasteiger partial charge is 0.449 e. The first-order chi connectivity index (χ1) is 17.9. The lowest BCUT2D eigenvalue weighted by molar-refractivity contribution is -0.140. The number of fused-ring (bicyclic) bond motifs is 1. The highest BCUT2D eigenvalue weighted by molar-refractivity contribution is 6.30. The van der Waals surface area contributed by atoms with Crippen LogP contribution >= 0.6 is 11.6 Å². The van der Waals surface area contributed by atoms with E-state index in [-0.39, 0.29) is 29.4 Å². The minimum Gasteiger partial charge on any atom is -0.449 e. The Morgan fingerprint density at radius 2 is 1.76 bits per heavy atom. The number of aromatic nitrogens is 1. The number of aliphatic hydroxyl groups excluding tert-OH is 1. The molecule has 194 valence electrons. The molecule has 37 heavy (non-hydrogen) atoms. The molecule has 3 N–H and O–H groups in total. The van der Waals surface area contributed by atoms with Crippen LogP contribution in [-0.4, -0.2) is 51.9 Å². The van der Waals surface area contributed by atoms with Gasteiger partial charge >= 0.3 is 0 Å². The number of pyridine rings is 1. The number of hydrogen-bond donors (Lipinski definition) is 3. The summed E-state index contributed by atoms with van der Waals surface area (Å²) in [5.41, 5.74) is 0.789. The fraction of sp³-hybridized carbons (Fsp3) is 0.407. The number of carbonyl (C=O) groups is 3. The molecule has 9 nitrogen and oxygen atoms in total. The Balaban J connectivity index is 1.27. The van der Waals surface area contributed by atoms with Crippen LogP contribution in [0.2, 0.25) is 5.02 Å². The number of β-amino-alcohol motifs (C(OH)–C–C–N with tert-alkyl or cyclic N) is 1. The van der Waals surface area contributed by atoms with Crippen LogP contribution in [0.1, 0.15) is 49.1 Å². The average molecular weight is 525 g/mol. The number of likely N-dealkylation sites (tertiary alicyclic amines) is 1. The number of piperidine rings is 1. The maximum Gasteiger partial charge on any atom is 0.294 e. The molecule has 3 amide bonds. The SMILES string of the molecule is O=C(Nc1ccc(Cl)cn1)c1oc2ccccc2c1NC(=O)C1CCC(C(=O)N2CCCC(O)C2)CC1. The fourth-order valence-corrected chi connectivity index (χ4v) is 5.31. The van der Waals surface area contributed by atoms with Crippen molar-refractivity contribution in [1.29, 1.82) is 0 Å². The number of anilines is 2. The van der Waals surface area contributed by atoms with Gasteiger partial charge in [-0.15, -0.1) is 0 Å². The molecule has 1 unspecified atom stereocenters. The minimum absolute atomic E-state index is 0.0150. The molecule has 3 heterocycles. The molecule has 2 aliphatic rings. The smallest absolute Gasteiger partial charge is 0.294 e. The first-order valence-electron chi connectivity index (χ1n) is 12.6. The minimum atomic E-state index is -0.542. The summed E-state index contributed by atoms with van der Waals surface area (Å²) >= 11 is 5.87. The van der Waals surface area contributed by atoms with Crippen molar-refractivity contribution in [2.24, 2.45) is 11.8 Å². The number of aliphatic hydroxyl groups is 1. The lowest BCUT2D eigenvalue weighted by Gasteiger charge is -2.35. The molecular weight excluding hydrogens is 496 g/mol. The zero-order valence-electron chi connectivity index (χ0n) is 20.3. The highest BCUT2D eigenvalue weighted by Gasteiger charge is 2.34. The summed E-state index contributed by atoms with van der Waals surface area (Å²) in [7, 11) is 0. The molecule has 0 bridgehead atoms. The van der Waals surface area contributed by atoms with Gasteiger partial charge in [0.1, 0.15) is 17.1 Å². The van der Waals surface area contributed by atoms with Gasteiger partial charge in [-0.25, -0.2) is 4.98 Å². The van der Waals surface area contributed by atoms with Gasteiger partial charge in [-0.05, 0) is 62.8 Å². The highest BCUT2D eigenvalue weighted by Crippen LogP contribution is 2.35. The number of benzene rings is 1. The number of furan rings is 1. The van der Waals surface area contributed by atoms with E-state index in [2.05, 4.69) is 15.6 Å². The van der Waals surface area contributed by atoms with Gasteiger partial charge in [-0.1, -0.05) is 23.7 Å². The van der Waals surface area contributed by atoms with Crippen molar-refractivity contribution in [2.75, 3.05) is 23.7 Å². The van der Waals surface area contributed by atoms with Gasteiger partial charge in [0.2, 0.25) is 17.6 Å². The number of amides is 3. The molecule has 0 radical (unpaired) electrons. The molecular formula is C27H29ClN4O5. The Morgan fingerprint density at radius 3 is 2.49 bits per heavy atom. The Morgan fingerprint density at radius 1 is 1.00 bits per heavy atom. The molecule has 5 rings (SSSR count). The summed E-state index contributed by atoms with van der Waals surface area (Å²) < 4.78 is 5.82. The summed E-state index contributed by atoms with van der Waals surface area (Å²) in [5, 5.41) is 16.6. The summed E-state index contributed by atoms with van der Waals surface area (Å²) in [6.07, 6.45) is 4.90. The summed E-state index contributed by atoms with van der Waals surface area (Å²) in [6.45, 7) is 1.07. The van der Waals surface area contributed by atoms with Crippen LogP contribution in [0.3, 0.4) is 0 Å². The van der Waals surface area contributed by atoms with Gasteiger partial charge in [-0.2, -0.15) is 0 Å². The zero-order chi connectivity index (χ0) is 25.9.